The zero-order chi connectivity index (χ0) is 20.4. The molecule has 0 radical (unpaired) electrons. The maximum Gasteiger partial charge on any atom is 0.335 e. The molecule has 0 saturated heterocycles. The molecule has 0 aliphatic heterocycles. The van der Waals surface area contributed by atoms with Crippen LogP contribution in [0, 0.1) is 0 Å². The number of hydrogen-bond donors (Lipinski definition) is 3. The second kappa shape index (κ2) is 7.40. The van der Waals surface area contributed by atoms with Crippen molar-refractivity contribution in [3.05, 3.63) is 83.9 Å². The van der Waals surface area contributed by atoms with E-state index in [0.717, 1.165) is 27.2 Å². The fraction of sp³-hybridized carbons (Fsp3) is 0. The summed E-state index contributed by atoms with van der Waals surface area (Å²) >= 11 is 0. The number of aromatic carboxylic acids is 2. The Bertz CT molecular complexity index is 1300. The van der Waals surface area contributed by atoms with Crippen molar-refractivity contribution in [1.82, 2.24) is 0 Å². The van der Waals surface area contributed by atoms with Crippen LogP contribution in [0.2, 0.25) is 0 Å². The molecule has 4 aromatic carbocycles. The van der Waals surface area contributed by atoms with Crippen LogP contribution in [0.4, 0.5) is 11.4 Å². The summed E-state index contributed by atoms with van der Waals surface area (Å²) in [5, 5.41) is 29.7. The molecule has 0 saturated carbocycles. The summed E-state index contributed by atoms with van der Waals surface area (Å²) in [6.45, 7) is 0. The highest BCUT2D eigenvalue weighted by atomic mass is 16.4. The molecule has 3 N–H and O–H groups in total. The van der Waals surface area contributed by atoms with E-state index in [2.05, 4.69) is 15.8 Å². The molecule has 29 heavy (non-hydrogen) atoms. The summed E-state index contributed by atoms with van der Waals surface area (Å²) in [7, 11) is 0. The Morgan fingerprint density at radius 3 is 1.79 bits per heavy atom. The van der Waals surface area contributed by atoms with Gasteiger partial charge in [-0.25, -0.2) is 9.59 Å². The van der Waals surface area contributed by atoms with Crippen LogP contribution in [-0.2, 0) is 0 Å². The first-order valence-corrected chi connectivity index (χ1v) is 8.70. The topological polar surface area (TPSA) is 111 Å². The van der Waals surface area contributed by atoms with Crippen LogP contribution in [0.3, 0.4) is 0 Å². The second-order valence-corrected chi connectivity index (χ2v) is 6.45. The molecule has 7 heteroatoms. The molecule has 0 fully saturated rings. The summed E-state index contributed by atoms with van der Waals surface area (Å²) in [5.41, 5.74) is 4.68. The van der Waals surface area contributed by atoms with Crippen LogP contribution in [0.5, 0.6) is 0 Å². The van der Waals surface area contributed by atoms with Gasteiger partial charge in [-0.05, 0) is 70.1 Å². The lowest BCUT2D eigenvalue weighted by Crippen LogP contribution is -1.95. The Balaban J connectivity index is 1.52. The average Bonchev–Trinajstić information content (AvgIpc) is 2.72. The summed E-state index contributed by atoms with van der Waals surface area (Å²) in [6, 6.07) is 20.7. The molecular formula is C22H15N3O4. The van der Waals surface area contributed by atoms with Gasteiger partial charge in [-0.2, -0.15) is 0 Å². The zero-order valence-corrected chi connectivity index (χ0v) is 15.0. The van der Waals surface area contributed by atoms with Gasteiger partial charge in [0.25, 0.3) is 0 Å². The number of hydrogen-bond acceptors (Lipinski definition) is 4. The molecule has 0 aromatic heterocycles. The van der Waals surface area contributed by atoms with E-state index in [-0.39, 0.29) is 11.1 Å². The smallest absolute Gasteiger partial charge is 0.335 e. The predicted octanol–water partition coefficient (Wildman–Crippen LogP) is 5.50. The molecular weight excluding hydrogens is 370 g/mol. The standard InChI is InChI=1S/C22H15N3O4/c26-21(27)17-3-1-15-11-19(7-5-13(15)9-17)23-25-24-20-8-6-14-10-18(22(28)29)4-2-16(14)12-20/h1-12H,(H,23,24)(H,26,27)(H,28,29). The number of fused-ring (bicyclic) bond motifs is 2. The fourth-order valence-corrected chi connectivity index (χ4v) is 3.02. The molecule has 0 amide bonds. The first kappa shape index (κ1) is 18.1. The van der Waals surface area contributed by atoms with Crippen molar-refractivity contribution in [1.29, 1.82) is 0 Å². The number of benzene rings is 4. The van der Waals surface area contributed by atoms with Gasteiger partial charge in [0.2, 0.25) is 0 Å². The van der Waals surface area contributed by atoms with Crippen molar-refractivity contribution in [2.75, 3.05) is 5.43 Å². The lowest BCUT2D eigenvalue weighted by Gasteiger charge is -2.04. The van der Waals surface area contributed by atoms with Crippen LogP contribution in [0.15, 0.2) is 83.1 Å². The SMILES string of the molecule is O=C(O)c1ccc2cc(/N=N/Nc3ccc4cc(C(=O)O)ccc4c3)ccc2c1. The van der Waals surface area contributed by atoms with Crippen molar-refractivity contribution in [2.45, 2.75) is 0 Å². The Morgan fingerprint density at radius 2 is 1.17 bits per heavy atom. The number of rotatable bonds is 5. The number of nitrogens with zero attached hydrogens (tertiary/aromatic N) is 2. The maximum atomic E-state index is 11.1. The third-order valence-corrected chi connectivity index (χ3v) is 4.50. The van der Waals surface area contributed by atoms with Gasteiger partial charge >= 0.3 is 11.9 Å². The monoisotopic (exact) mass is 385 g/mol. The van der Waals surface area contributed by atoms with E-state index in [1.807, 2.05) is 18.2 Å². The lowest BCUT2D eigenvalue weighted by atomic mass is 10.1. The highest BCUT2D eigenvalue weighted by Gasteiger charge is 2.05. The number of nitrogens with one attached hydrogen (secondary N) is 1. The Hall–Kier alpha value is -4.26. The van der Waals surface area contributed by atoms with Crippen LogP contribution in [0.1, 0.15) is 20.7 Å². The molecule has 0 unspecified atom stereocenters. The van der Waals surface area contributed by atoms with Crippen LogP contribution >= 0.6 is 0 Å². The molecule has 0 spiro atoms. The van der Waals surface area contributed by atoms with Crippen LogP contribution < -0.4 is 5.43 Å². The highest BCUT2D eigenvalue weighted by molar-refractivity contribution is 5.96. The Kier molecular flexibility index (Phi) is 4.62. The van der Waals surface area contributed by atoms with Gasteiger partial charge < -0.3 is 10.2 Å². The number of carbonyl (C=O) groups is 2. The largest absolute Gasteiger partial charge is 0.478 e. The Morgan fingerprint density at radius 1 is 0.655 bits per heavy atom. The van der Waals surface area contributed by atoms with Crippen molar-refractivity contribution in [3.63, 3.8) is 0 Å². The number of carboxylic acids is 2. The van der Waals surface area contributed by atoms with Crippen LogP contribution in [0.25, 0.3) is 21.5 Å². The number of carboxylic acid groups (broad SMARTS) is 2. The van der Waals surface area contributed by atoms with Crippen molar-refractivity contribution < 1.29 is 19.8 Å². The van der Waals surface area contributed by atoms with E-state index in [1.54, 1.807) is 54.6 Å². The Labute approximate surface area is 164 Å². The zero-order valence-electron chi connectivity index (χ0n) is 15.0. The normalized spacial score (nSPS) is 11.2. The third kappa shape index (κ3) is 3.89. The van der Waals surface area contributed by atoms with Gasteiger partial charge in [0.15, 0.2) is 0 Å². The lowest BCUT2D eigenvalue weighted by molar-refractivity contribution is 0.0686. The minimum Gasteiger partial charge on any atom is -0.478 e. The van der Waals surface area contributed by atoms with E-state index in [1.165, 1.54) is 0 Å². The van der Waals surface area contributed by atoms with Crippen molar-refractivity contribution in [3.8, 4) is 0 Å². The molecule has 7 nitrogen and oxygen atoms in total. The van der Waals surface area contributed by atoms with Crippen molar-refractivity contribution >= 4 is 44.9 Å². The molecule has 4 rings (SSSR count). The van der Waals surface area contributed by atoms with E-state index in [4.69, 9.17) is 10.2 Å². The average molecular weight is 385 g/mol. The maximum absolute atomic E-state index is 11.1. The molecule has 142 valence electrons. The molecule has 0 atom stereocenters. The molecule has 0 heterocycles. The van der Waals surface area contributed by atoms with Gasteiger partial charge in [-0.1, -0.05) is 29.5 Å². The van der Waals surface area contributed by atoms with E-state index < -0.39 is 11.9 Å². The molecule has 0 aliphatic carbocycles. The molecule has 0 aliphatic rings. The highest BCUT2D eigenvalue weighted by Crippen LogP contribution is 2.24. The molecule has 0 bridgehead atoms. The van der Waals surface area contributed by atoms with Crippen LogP contribution in [-0.4, -0.2) is 22.2 Å². The molecule has 4 aromatic rings. The first-order chi connectivity index (χ1) is 14.0. The quantitative estimate of drug-likeness (QED) is 0.310. The van der Waals surface area contributed by atoms with Gasteiger partial charge in [-0.15, -0.1) is 5.11 Å². The third-order valence-electron chi connectivity index (χ3n) is 4.50. The van der Waals surface area contributed by atoms with E-state index in [9.17, 15) is 9.59 Å². The minimum atomic E-state index is -0.963. The van der Waals surface area contributed by atoms with E-state index in [0.29, 0.717) is 5.69 Å². The fourth-order valence-electron chi connectivity index (χ4n) is 3.02. The van der Waals surface area contributed by atoms with Gasteiger partial charge in [0.1, 0.15) is 0 Å². The predicted molar refractivity (Wildman–Crippen MR) is 110 cm³/mol. The van der Waals surface area contributed by atoms with Gasteiger partial charge in [-0.3, -0.25) is 5.43 Å². The summed E-state index contributed by atoms with van der Waals surface area (Å²) < 4.78 is 0. The van der Waals surface area contributed by atoms with Gasteiger partial charge in [0.05, 0.1) is 22.5 Å². The summed E-state index contributed by atoms with van der Waals surface area (Å²) in [5.74, 6) is -1.92. The summed E-state index contributed by atoms with van der Waals surface area (Å²) in [4.78, 5) is 22.1. The first-order valence-electron chi connectivity index (χ1n) is 8.70. The minimum absolute atomic E-state index is 0.236. The van der Waals surface area contributed by atoms with Crippen molar-refractivity contribution in [2.24, 2.45) is 10.3 Å². The summed E-state index contributed by atoms with van der Waals surface area (Å²) in [6.07, 6.45) is 0. The second-order valence-electron chi connectivity index (χ2n) is 6.45. The number of anilines is 1. The van der Waals surface area contributed by atoms with Gasteiger partial charge in [0, 0.05) is 0 Å². The van der Waals surface area contributed by atoms with E-state index >= 15 is 0 Å².